The zero-order valence-corrected chi connectivity index (χ0v) is 20.0. The van der Waals surface area contributed by atoms with Crippen molar-refractivity contribution in [3.63, 3.8) is 0 Å². The molecule has 0 fully saturated rings. The molecule has 0 amide bonds. The van der Waals surface area contributed by atoms with Crippen LogP contribution < -0.4 is 9.46 Å². The number of benzene rings is 2. The number of fused-ring (bicyclic) bond motifs is 1. The summed E-state index contributed by atoms with van der Waals surface area (Å²) in [5.74, 6) is -0.968. The van der Waals surface area contributed by atoms with E-state index in [0.717, 1.165) is 24.0 Å². The topological polar surface area (TPSA) is 90.4 Å². The smallest absolute Gasteiger partial charge is 0.416 e. The van der Waals surface area contributed by atoms with Crippen molar-refractivity contribution in [1.82, 2.24) is 9.97 Å². The lowest BCUT2D eigenvalue weighted by atomic mass is 9.82. The van der Waals surface area contributed by atoms with E-state index in [1.165, 1.54) is 31.4 Å². The zero-order chi connectivity index (χ0) is 25.9. The first-order valence-corrected chi connectivity index (χ1v) is 12.5. The minimum Gasteiger partial charge on any atom is -0.493 e. The van der Waals surface area contributed by atoms with E-state index in [9.17, 15) is 26.0 Å². The van der Waals surface area contributed by atoms with Gasteiger partial charge in [0.2, 0.25) is 5.95 Å². The molecule has 12 heteroatoms. The Balaban J connectivity index is 1.67. The van der Waals surface area contributed by atoms with Gasteiger partial charge in [-0.15, -0.1) is 0 Å². The molecule has 1 aromatic heterocycles. The summed E-state index contributed by atoms with van der Waals surface area (Å²) in [6, 6.07) is 8.04. The number of anilines is 1. The summed E-state index contributed by atoms with van der Waals surface area (Å²) in [4.78, 5) is 7.07. The van der Waals surface area contributed by atoms with Gasteiger partial charge >= 0.3 is 6.18 Å². The van der Waals surface area contributed by atoms with Crippen molar-refractivity contribution in [3.05, 3.63) is 76.9 Å². The molecule has 4 rings (SSSR count). The monoisotopic (exact) mass is 525 g/mol. The maximum atomic E-state index is 13.4. The number of halogens is 4. The van der Waals surface area contributed by atoms with Crippen LogP contribution in [-0.4, -0.2) is 38.7 Å². The molecule has 0 saturated carbocycles. The highest BCUT2D eigenvalue weighted by Gasteiger charge is 2.33. The van der Waals surface area contributed by atoms with Gasteiger partial charge < -0.3 is 9.47 Å². The molecule has 0 aliphatic carbocycles. The molecule has 1 N–H and O–H groups in total. The van der Waals surface area contributed by atoms with Crippen LogP contribution in [0.2, 0.25) is 0 Å². The molecular weight excluding hydrogens is 502 g/mol. The van der Waals surface area contributed by atoms with Gasteiger partial charge in [0, 0.05) is 31.3 Å². The molecule has 192 valence electrons. The highest BCUT2D eigenvalue weighted by molar-refractivity contribution is 7.92. The maximum Gasteiger partial charge on any atom is 0.416 e. The molecule has 0 spiro atoms. The van der Waals surface area contributed by atoms with Crippen molar-refractivity contribution >= 4 is 16.0 Å². The zero-order valence-electron chi connectivity index (χ0n) is 19.2. The molecule has 1 unspecified atom stereocenters. The second-order valence-electron chi connectivity index (χ2n) is 8.23. The van der Waals surface area contributed by atoms with Crippen LogP contribution in [0.15, 0.2) is 53.7 Å². The van der Waals surface area contributed by atoms with Gasteiger partial charge in [0.25, 0.3) is 10.0 Å². The summed E-state index contributed by atoms with van der Waals surface area (Å²) in [6.45, 7) is 0.667. The van der Waals surface area contributed by atoms with E-state index in [1.54, 1.807) is 6.07 Å². The van der Waals surface area contributed by atoms with Gasteiger partial charge in [0.15, 0.2) is 5.82 Å². The Bertz CT molecular complexity index is 1330. The predicted molar refractivity (Wildman–Crippen MR) is 123 cm³/mol. The number of rotatable bonds is 8. The van der Waals surface area contributed by atoms with E-state index in [4.69, 9.17) is 9.47 Å². The fraction of sp³-hybridized carbons (Fsp3) is 0.333. The van der Waals surface area contributed by atoms with Crippen LogP contribution in [0.5, 0.6) is 5.75 Å². The molecule has 0 radical (unpaired) electrons. The Morgan fingerprint density at radius 2 is 1.83 bits per heavy atom. The van der Waals surface area contributed by atoms with Crippen LogP contribution in [0.3, 0.4) is 0 Å². The predicted octanol–water partition coefficient (Wildman–Crippen LogP) is 4.93. The number of sulfonamides is 1. The lowest BCUT2D eigenvalue weighted by molar-refractivity contribution is -0.137. The van der Waals surface area contributed by atoms with Crippen molar-refractivity contribution in [3.8, 4) is 5.75 Å². The van der Waals surface area contributed by atoms with Crippen molar-refractivity contribution in [1.29, 1.82) is 0 Å². The molecule has 1 aliphatic heterocycles. The van der Waals surface area contributed by atoms with E-state index in [-0.39, 0.29) is 23.4 Å². The number of nitrogens with one attached hydrogen (secondary N) is 1. The van der Waals surface area contributed by atoms with Gasteiger partial charge in [0.05, 0.1) is 29.5 Å². The molecule has 1 aliphatic rings. The Morgan fingerprint density at radius 1 is 1.11 bits per heavy atom. The number of hydrogen-bond donors (Lipinski definition) is 1. The Kier molecular flexibility index (Phi) is 7.46. The summed E-state index contributed by atoms with van der Waals surface area (Å²) in [7, 11) is -2.57. The largest absolute Gasteiger partial charge is 0.493 e. The van der Waals surface area contributed by atoms with Crippen LogP contribution >= 0.6 is 0 Å². The lowest BCUT2D eigenvalue weighted by Gasteiger charge is -2.29. The summed E-state index contributed by atoms with van der Waals surface area (Å²) in [6.07, 6.45) is -1.33. The Hall–Kier alpha value is -3.25. The van der Waals surface area contributed by atoms with Crippen molar-refractivity contribution in [2.45, 2.75) is 36.3 Å². The minimum atomic E-state index is -4.47. The number of aryl methyl sites for hydroxylation is 1. The van der Waals surface area contributed by atoms with Gasteiger partial charge in [-0.2, -0.15) is 13.2 Å². The number of aromatic nitrogens is 2. The fourth-order valence-corrected chi connectivity index (χ4v) is 5.12. The molecular formula is C24H23F4N3O4S. The van der Waals surface area contributed by atoms with Gasteiger partial charge in [0.1, 0.15) is 5.75 Å². The van der Waals surface area contributed by atoms with Crippen LogP contribution in [-0.2, 0) is 27.4 Å². The first-order chi connectivity index (χ1) is 17.1. The van der Waals surface area contributed by atoms with Gasteiger partial charge in [-0.3, -0.25) is 0 Å². The van der Waals surface area contributed by atoms with Crippen LogP contribution in [0.1, 0.15) is 41.0 Å². The fourth-order valence-electron chi connectivity index (χ4n) is 4.15. The average Bonchev–Trinajstić information content (AvgIpc) is 2.84. The van der Waals surface area contributed by atoms with E-state index in [1.807, 2.05) is 0 Å². The van der Waals surface area contributed by atoms with Crippen molar-refractivity contribution < 1.29 is 35.5 Å². The number of ether oxygens (including phenoxy) is 2. The van der Waals surface area contributed by atoms with Crippen molar-refractivity contribution in [2.24, 2.45) is 0 Å². The maximum absolute atomic E-state index is 13.4. The van der Waals surface area contributed by atoms with Crippen LogP contribution in [0.4, 0.5) is 23.5 Å². The highest BCUT2D eigenvalue weighted by Crippen LogP contribution is 2.42. The minimum absolute atomic E-state index is 0.123. The molecule has 0 saturated heterocycles. The first-order valence-electron chi connectivity index (χ1n) is 11.0. The Labute approximate surface area is 205 Å². The molecule has 2 aromatic carbocycles. The normalized spacial score (nSPS) is 15.8. The third-order valence-electron chi connectivity index (χ3n) is 5.82. The standard InChI is InChI=1S/C24H23F4N3O4S/c1-34-9-2-3-15-11-16(24(26,27)28)4-6-19(15)20-8-10-35-22-12-18(5-7-21(20)22)36(32,33)31-23-29-13-17(25)14-30-23/h4-7,11-14,20H,2-3,8-10H2,1H3,(H,29,30,31). The molecule has 36 heavy (non-hydrogen) atoms. The number of hydrogen-bond acceptors (Lipinski definition) is 6. The number of methoxy groups -OCH3 is 1. The lowest BCUT2D eigenvalue weighted by Crippen LogP contribution is -2.19. The van der Waals surface area contributed by atoms with Crippen LogP contribution in [0, 0.1) is 5.82 Å². The SMILES string of the molecule is COCCCc1cc(C(F)(F)F)ccc1C1CCOc2cc(S(=O)(=O)Nc3ncc(F)cn3)ccc21. The van der Waals surface area contributed by atoms with Crippen molar-refractivity contribution in [2.75, 3.05) is 25.0 Å². The molecule has 0 bridgehead atoms. The second-order valence-corrected chi connectivity index (χ2v) is 9.91. The molecule has 7 nitrogen and oxygen atoms in total. The number of alkyl halides is 3. The third kappa shape index (κ3) is 5.76. The van der Waals surface area contributed by atoms with E-state index >= 15 is 0 Å². The van der Waals surface area contributed by atoms with E-state index in [0.29, 0.717) is 42.7 Å². The Morgan fingerprint density at radius 3 is 2.53 bits per heavy atom. The quantitative estimate of drug-likeness (QED) is 0.331. The van der Waals surface area contributed by atoms with E-state index < -0.39 is 27.6 Å². The summed E-state index contributed by atoms with van der Waals surface area (Å²) in [5, 5.41) is 0. The third-order valence-corrected chi connectivity index (χ3v) is 7.15. The summed E-state index contributed by atoms with van der Waals surface area (Å²) in [5.41, 5.74) is 1.25. The number of nitrogens with zero attached hydrogens (tertiary/aromatic N) is 2. The van der Waals surface area contributed by atoms with Gasteiger partial charge in [-0.05, 0) is 48.6 Å². The summed E-state index contributed by atoms with van der Waals surface area (Å²) < 4.78 is 91.7. The molecule has 2 heterocycles. The summed E-state index contributed by atoms with van der Waals surface area (Å²) >= 11 is 0. The second kappa shape index (κ2) is 10.4. The first kappa shape index (κ1) is 25.8. The van der Waals surface area contributed by atoms with E-state index in [2.05, 4.69) is 14.7 Å². The highest BCUT2D eigenvalue weighted by atomic mass is 32.2. The molecule has 1 atom stereocenters. The molecule has 3 aromatic rings. The van der Waals surface area contributed by atoms with Crippen LogP contribution in [0.25, 0.3) is 0 Å². The van der Waals surface area contributed by atoms with Gasteiger partial charge in [-0.25, -0.2) is 27.5 Å². The average molecular weight is 526 g/mol. The van der Waals surface area contributed by atoms with Gasteiger partial charge in [-0.1, -0.05) is 12.1 Å².